The lowest BCUT2D eigenvalue weighted by molar-refractivity contribution is 0.0113. The number of rotatable bonds is 1. The second kappa shape index (κ2) is 6.92. The van der Waals surface area contributed by atoms with Crippen molar-refractivity contribution in [1.82, 2.24) is 0 Å². The third kappa shape index (κ3) is 2.96. The molecule has 5 rings (SSSR count). The summed E-state index contributed by atoms with van der Waals surface area (Å²) in [6.45, 7) is 7.85. The van der Waals surface area contributed by atoms with Crippen LogP contribution in [0.1, 0.15) is 72.5 Å². The van der Waals surface area contributed by atoms with Gasteiger partial charge in [0, 0.05) is 40.7 Å². The van der Waals surface area contributed by atoms with Gasteiger partial charge in [-0.2, -0.15) is 0 Å². The van der Waals surface area contributed by atoms with E-state index in [4.69, 9.17) is 9.47 Å². The van der Waals surface area contributed by atoms with Crippen LogP contribution in [0.4, 0.5) is 0 Å². The van der Waals surface area contributed by atoms with E-state index in [1.54, 1.807) is 6.07 Å². The van der Waals surface area contributed by atoms with Crippen LogP contribution in [0.15, 0.2) is 29.8 Å². The first-order chi connectivity index (χ1) is 15.1. The standard InChI is InChI=1S/C26H28O6/c1-12-5-6-18-14(7-12)16-8-15(20(28)10-21(16)32-26(18,3)4)17-11-31-22-9-19(27)13(2)24(29)23(22)25(17)30/h7-10,14,17-18,27-29H,5-6,11H2,1-4H3. The summed E-state index contributed by atoms with van der Waals surface area (Å²) in [7, 11) is 0. The van der Waals surface area contributed by atoms with E-state index >= 15 is 0 Å². The predicted octanol–water partition coefficient (Wildman–Crippen LogP) is 5.08. The maximum atomic E-state index is 13.4. The molecule has 0 radical (unpaired) electrons. The van der Waals surface area contributed by atoms with Crippen LogP contribution < -0.4 is 9.47 Å². The summed E-state index contributed by atoms with van der Waals surface area (Å²) in [5.74, 6) is -0.341. The second-order valence-electron chi connectivity index (χ2n) is 9.81. The van der Waals surface area contributed by atoms with Gasteiger partial charge in [-0.15, -0.1) is 0 Å². The number of hydrogen-bond donors (Lipinski definition) is 3. The summed E-state index contributed by atoms with van der Waals surface area (Å²) in [6, 6.07) is 4.82. The van der Waals surface area contributed by atoms with Gasteiger partial charge in [-0.1, -0.05) is 11.6 Å². The molecule has 1 aliphatic carbocycles. The summed E-state index contributed by atoms with van der Waals surface area (Å²) >= 11 is 0. The Hall–Kier alpha value is -3.15. The van der Waals surface area contributed by atoms with Crippen LogP contribution in [-0.2, 0) is 0 Å². The topological polar surface area (TPSA) is 96.2 Å². The van der Waals surface area contributed by atoms with Crippen molar-refractivity contribution < 1.29 is 29.6 Å². The third-order valence-corrected chi connectivity index (χ3v) is 7.37. The molecule has 0 amide bonds. The minimum Gasteiger partial charge on any atom is -0.508 e. The molecule has 0 spiro atoms. The summed E-state index contributed by atoms with van der Waals surface area (Å²) in [5.41, 5.74) is 2.65. The zero-order valence-corrected chi connectivity index (χ0v) is 18.7. The van der Waals surface area contributed by atoms with E-state index < -0.39 is 5.92 Å². The molecule has 6 heteroatoms. The highest BCUT2D eigenvalue weighted by atomic mass is 16.5. The van der Waals surface area contributed by atoms with Crippen LogP contribution in [0, 0.1) is 12.8 Å². The van der Waals surface area contributed by atoms with Gasteiger partial charge in [-0.25, -0.2) is 0 Å². The smallest absolute Gasteiger partial charge is 0.181 e. The fourth-order valence-electron chi connectivity index (χ4n) is 5.48. The molecule has 2 aromatic carbocycles. The monoisotopic (exact) mass is 436 g/mol. The van der Waals surface area contributed by atoms with Crippen LogP contribution in [-0.4, -0.2) is 33.3 Å². The predicted molar refractivity (Wildman–Crippen MR) is 119 cm³/mol. The van der Waals surface area contributed by atoms with Crippen LogP contribution in [0.25, 0.3) is 0 Å². The summed E-state index contributed by atoms with van der Waals surface area (Å²) in [4.78, 5) is 13.4. The highest BCUT2D eigenvalue weighted by Crippen LogP contribution is 2.53. The van der Waals surface area contributed by atoms with Gasteiger partial charge in [0.1, 0.15) is 46.5 Å². The van der Waals surface area contributed by atoms with Crippen LogP contribution in [0.5, 0.6) is 28.7 Å². The minimum absolute atomic E-state index is 0.00936. The van der Waals surface area contributed by atoms with Gasteiger partial charge >= 0.3 is 0 Å². The number of carbonyl (C=O) groups is 1. The number of allylic oxidation sites excluding steroid dienone is 2. The molecule has 0 saturated heterocycles. The highest BCUT2D eigenvalue weighted by Gasteiger charge is 2.45. The molecule has 0 bridgehead atoms. The molecule has 3 atom stereocenters. The summed E-state index contributed by atoms with van der Waals surface area (Å²) in [5, 5.41) is 31.3. The molecule has 0 fully saturated rings. The normalized spacial score (nSPS) is 25.6. The van der Waals surface area contributed by atoms with Gasteiger partial charge in [0.2, 0.25) is 0 Å². The van der Waals surface area contributed by atoms with Crippen molar-refractivity contribution in [3.63, 3.8) is 0 Å². The van der Waals surface area contributed by atoms with Crippen LogP contribution in [0.3, 0.4) is 0 Å². The average molecular weight is 437 g/mol. The van der Waals surface area contributed by atoms with E-state index in [9.17, 15) is 20.1 Å². The van der Waals surface area contributed by atoms with Crippen molar-refractivity contribution in [2.75, 3.05) is 6.61 Å². The summed E-state index contributed by atoms with van der Waals surface area (Å²) < 4.78 is 12.0. The number of Topliss-reactive ketones (excluding diaryl/α,β-unsaturated/α-hetero) is 1. The van der Waals surface area contributed by atoms with Crippen molar-refractivity contribution in [2.45, 2.75) is 58.0 Å². The quantitative estimate of drug-likeness (QED) is 0.540. The number of ketones is 1. The van der Waals surface area contributed by atoms with Crippen molar-refractivity contribution in [3.8, 4) is 28.7 Å². The molecule has 2 aromatic rings. The number of hydrogen-bond acceptors (Lipinski definition) is 6. The van der Waals surface area contributed by atoms with Gasteiger partial charge in [0.05, 0.1) is 5.92 Å². The number of carbonyl (C=O) groups excluding carboxylic acids is 1. The van der Waals surface area contributed by atoms with Crippen LogP contribution >= 0.6 is 0 Å². The molecule has 2 heterocycles. The molecule has 0 aromatic heterocycles. The Kier molecular flexibility index (Phi) is 4.49. The third-order valence-electron chi connectivity index (χ3n) is 7.37. The van der Waals surface area contributed by atoms with Gasteiger partial charge in [0.25, 0.3) is 0 Å². The first-order valence-electron chi connectivity index (χ1n) is 11.0. The highest BCUT2D eigenvalue weighted by molar-refractivity contribution is 6.07. The molecule has 3 aliphatic rings. The van der Waals surface area contributed by atoms with Crippen LogP contribution in [0.2, 0.25) is 0 Å². The molecule has 6 nitrogen and oxygen atoms in total. The maximum Gasteiger partial charge on any atom is 0.181 e. The molecule has 168 valence electrons. The molecule has 3 unspecified atom stereocenters. The van der Waals surface area contributed by atoms with Crippen molar-refractivity contribution in [2.24, 2.45) is 5.92 Å². The second-order valence-corrected chi connectivity index (χ2v) is 9.81. The Morgan fingerprint density at radius 1 is 1.00 bits per heavy atom. The van der Waals surface area contributed by atoms with Gasteiger partial charge in [-0.05, 0) is 46.6 Å². The van der Waals surface area contributed by atoms with E-state index in [-0.39, 0.29) is 58.0 Å². The van der Waals surface area contributed by atoms with E-state index in [2.05, 4.69) is 26.8 Å². The Bertz CT molecular complexity index is 1180. The van der Waals surface area contributed by atoms with Crippen molar-refractivity contribution in [3.05, 3.63) is 52.1 Å². The number of benzene rings is 2. The maximum absolute atomic E-state index is 13.4. The fraction of sp³-hybridized carbons (Fsp3) is 0.423. The molecule has 3 N–H and O–H groups in total. The van der Waals surface area contributed by atoms with Gasteiger partial charge in [-0.3, -0.25) is 4.79 Å². The molecule has 2 aliphatic heterocycles. The van der Waals surface area contributed by atoms with E-state index in [1.807, 2.05) is 6.07 Å². The Balaban J connectivity index is 1.61. The van der Waals surface area contributed by atoms with Gasteiger partial charge in [0.15, 0.2) is 5.78 Å². The zero-order chi connectivity index (χ0) is 22.9. The minimum atomic E-state index is -0.773. The Labute approximate surface area is 187 Å². The fourth-order valence-corrected chi connectivity index (χ4v) is 5.48. The Morgan fingerprint density at radius 2 is 1.72 bits per heavy atom. The summed E-state index contributed by atoms with van der Waals surface area (Å²) in [6.07, 6.45) is 4.33. The van der Waals surface area contributed by atoms with E-state index in [0.29, 0.717) is 17.2 Å². The molecule has 32 heavy (non-hydrogen) atoms. The zero-order valence-electron chi connectivity index (χ0n) is 18.7. The molecular formula is C26H28O6. The lowest BCUT2D eigenvalue weighted by Gasteiger charge is -2.46. The largest absolute Gasteiger partial charge is 0.508 e. The van der Waals surface area contributed by atoms with Gasteiger partial charge < -0.3 is 24.8 Å². The van der Waals surface area contributed by atoms with E-state index in [0.717, 1.165) is 18.4 Å². The number of ether oxygens (including phenoxy) is 2. The number of phenolic OH excluding ortho intramolecular Hbond substituents is 3. The Morgan fingerprint density at radius 3 is 2.47 bits per heavy atom. The first-order valence-corrected chi connectivity index (χ1v) is 11.0. The number of phenols is 3. The van der Waals surface area contributed by atoms with E-state index in [1.165, 1.54) is 18.6 Å². The lowest BCUT2D eigenvalue weighted by atomic mass is 9.67. The lowest BCUT2D eigenvalue weighted by Crippen LogP contribution is -2.45. The SMILES string of the molecule is CC1=CC2c3cc(C4COc5cc(O)c(C)c(O)c5C4=O)c(O)cc3OC(C)(C)C2CC1. The first kappa shape index (κ1) is 20.7. The molecular weight excluding hydrogens is 408 g/mol. The number of fused-ring (bicyclic) bond motifs is 4. The van der Waals surface area contributed by atoms with Crippen molar-refractivity contribution in [1.29, 1.82) is 0 Å². The average Bonchev–Trinajstić information content (AvgIpc) is 2.72. The molecule has 0 saturated carbocycles. The van der Waals surface area contributed by atoms with Crippen molar-refractivity contribution >= 4 is 5.78 Å². The number of aromatic hydroxyl groups is 3.